The van der Waals surface area contributed by atoms with Gasteiger partial charge in [0.05, 0.1) is 5.52 Å². The van der Waals surface area contributed by atoms with Crippen molar-refractivity contribution >= 4 is 16.6 Å². The van der Waals surface area contributed by atoms with Gasteiger partial charge in [-0.1, -0.05) is 68.5 Å². The Morgan fingerprint density at radius 1 is 0.871 bits per heavy atom. The largest absolute Gasteiger partial charge is 0.379 e. The number of allylic oxidation sites excluding steroid dienone is 1. The van der Waals surface area contributed by atoms with E-state index in [9.17, 15) is 0 Å². The highest BCUT2D eigenvalue weighted by Crippen LogP contribution is 2.31. The molecule has 0 bridgehead atoms. The van der Waals surface area contributed by atoms with Gasteiger partial charge in [0, 0.05) is 28.5 Å². The second kappa shape index (κ2) is 9.70. The molecule has 0 radical (unpaired) electrons. The van der Waals surface area contributed by atoms with Crippen molar-refractivity contribution in [2.45, 2.75) is 46.1 Å². The maximum atomic E-state index is 3.52. The van der Waals surface area contributed by atoms with Crippen molar-refractivity contribution in [3.05, 3.63) is 108 Å². The summed E-state index contributed by atoms with van der Waals surface area (Å²) < 4.78 is 2.44. The predicted octanol–water partition coefficient (Wildman–Crippen LogP) is 7.35. The average Bonchev–Trinajstić information content (AvgIpc) is 3.13. The summed E-state index contributed by atoms with van der Waals surface area (Å²) in [5, 5.41) is 4.92. The highest BCUT2D eigenvalue weighted by molar-refractivity contribution is 5.88. The van der Waals surface area contributed by atoms with Crippen LogP contribution in [0.5, 0.6) is 0 Å². The van der Waals surface area contributed by atoms with E-state index in [4.69, 9.17) is 0 Å². The zero-order valence-electron chi connectivity index (χ0n) is 18.8. The first-order valence-corrected chi connectivity index (χ1v) is 11.4. The molecule has 3 aromatic carbocycles. The third kappa shape index (κ3) is 4.59. The van der Waals surface area contributed by atoms with E-state index in [1.165, 1.54) is 33.4 Å². The molecule has 0 amide bonds. The molecule has 0 saturated heterocycles. The SMILES string of the molecule is CCc1c(CC)n(-c2ccccc2)c2ccc(C/C=C\C(C)Nc3ccccc3)cc12. The molecule has 31 heavy (non-hydrogen) atoms. The lowest BCUT2D eigenvalue weighted by molar-refractivity contribution is 0.927. The summed E-state index contributed by atoms with van der Waals surface area (Å²) in [5.74, 6) is 0. The van der Waals surface area contributed by atoms with Crippen molar-refractivity contribution < 1.29 is 0 Å². The van der Waals surface area contributed by atoms with Gasteiger partial charge in [-0.15, -0.1) is 0 Å². The molecular weight excluding hydrogens is 376 g/mol. The van der Waals surface area contributed by atoms with Crippen LogP contribution in [0.1, 0.15) is 37.6 Å². The van der Waals surface area contributed by atoms with Crippen molar-refractivity contribution in [3.63, 3.8) is 0 Å². The Bertz CT molecular complexity index is 1150. The van der Waals surface area contributed by atoms with E-state index >= 15 is 0 Å². The van der Waals surface area contributed by atoms with Gasteiger partial charge in [0.2, 0.25) is 0 Å². The Morgan fingerprint density at radius 2 is 1.58 bits per heavy atom. The van der Waals surface area contributed by atoms with E-state index in [-0.39, 0.29) is 0 Å². The van der Waals surface area contributed by atoms with Gasteiger partial charge in [-0.3, -0.25) is 0 Å². The molecule has 1 aromatic heterocycles. The fourth-order valence-corrected chi connectivity index (χ4v) is 4.47. The summed E-state index contributed by atoms with van der Waals surface area (Å²) in [4.78, 5) is 0. The van der Waals surface area contributed by atoms with Crippen LogP contribution in [-0.4, -0.2) is 10.6 Å². The molecule has 0 spiro atoms. The highest BCUT2D eigenvalue weighted by atomic mass is 15.0. The first-order valence-electron chi connectivity index (χ1n) is 11.4. The van der Waals surface area contributed by atoms with Gasteiger partial charge in [-0.25, -0.2) is 0 Å². The minimum absolute atomic E-state index is 0.295. The molecule has 2 nitrogen and oxygen atoms in total. The van der Waals surface area contributed by atoms with Crippen LogP contribution in [0.3, 0.4) is 0 Å². The van der Waals surface area contributed by atoms with Gasteiger partial charge in [-0.2, -0.15) is 0 Å². The number of anilines is 1. The summed E-state index contributed by atoms with van der Waals surface area (Å²) in [5.41, 5.74) is 7.98. The fourth-order valence-electron chi connectivity index (χ4n) is 4.47. The van der Waals surface area contributed by atoms with Crippen molar-refractivity contribution in [1.29, 1.82) is 0 Å². The molecule has 1 atom stereocenters. The molecule has 0 aliphatic carbocycles. The number of hydrogen-bond donors (Lipinski definition) is 1. The van der Waals surface area contributed by atoms with Gasteiger partial charge in [0.1, 0.15) is 0 Å². The highest BCUT2D eigenvalue weighted by Gasteiger charge is 2.16. The smallest absolute Gasteiger partial charge is 0.0534 e. The Labute approximate surface area is 186 Å². The molecule has 4 aromatic rings. The number of fused-ring (bicyclic) bond motifs is 1. The second-order valence-corrected chi connectivity index (χ2v) is 8.09. The average molecular weight is 409 g/mol. The molecule has 4 rings (SSSR count). The van der Waals surface area contributed by atoms with Crippen LogP contribution in [0.2, 0.25) is 0 Å². The van der Waals surface area contributed by atoms with Gasteiger partial charge in [0.15, 0.2) is 0 Å². The first kappa shape index (κ1) is 21.0. The summed E-state index contributed by atoms with van der Waals surface area (Å²) in [6.45, 7) is 6.72. The summed E-state index contributed by atoms with van der Waals surface area (Å²) in [7, 11) is 0. The maximum absolute atomic E-state index is 3.52. The molecule has 2 heteroatoms. The van der Waals surface area contributed by atoms with E-state index in [0.717, 1.165) is 24.9 Å². The fraction of sp³-hybridized carbons (Fsp3) is 0.241. The minimum atomic E-state index is 0.295. The molecular formula is C29H32N2. The summed E-state index contributed by atoms with van der Waals surface area (Å²) >= 11 is 0. The zero-order valence-corrected chi connectivity index (χ0v) is 18.8. The molecule has 1 heterocycles. The number of nitrogens with one attached hydrogen (secondary N) is 1. The molecule has 1 N–H and O–H groups in total. The van der Waals surface area contributed by atoms with Gasteiger partial charge in [-0.05, 0) is 73.7 Å². The number of nitrogens with zero attached hydrogens (tertiary/aromatic N) is 1. The lowest BCUT2D eigenvalue weighted by Gasteiger charge is -2.11. The summed E-state index contributed by atoms with van der Waals surface area (Å²) in [6, 6.07) is 28.4. The number of aryl methyl sites for hydroxylation is 1. The normalized spacial score (nSPS) is 12.5. The van der Waals surface area contributed by atoms with E-state index in [2.05, 4.69) is 116 Å². The number of hydrogen-bond acceptors (Lipinski definition) is 1. The van der Waals surface area contributed by atoms with Gasteiger partial charge < -0.3 is 9.88 Å². The number of para-hydroxylation sites is 2. The molecule has 0 fully saturated rings. The molecule has 158 valence electrons. The number of benzene rings is 3. The standard InChI is InChI=1S/C29H32N2/c1-4-26-27-21-23(14-12-13-22(3)30-24-15-8-6-9-16-24)19-20-29(27)31(28(26)5-2)25-17-10-7-11-18-25/h6-13,15-22,30H,4-5,14H2,1-3H3/b13-12-. The lowest BCUT2D eigenvalue weighted by Crippen LogP contribution is -2.11. The van der Waals surface area contributed by atoms with E-state index < -0.39 is 0 Å². The van der Waals surface area contributed by atoms with Crippen LogP contribution >= 0.6 is 0 Å². The van der Waals surface area contributed by atoms with Gasteiger partial charge in [0.25, 0.3) is 0 Å². The van der Waals surface area contributed by atoms with Gasteiger partial charge >= 0.3 is 0 Å². The quantitative estimate of drug-likeness (QED) is 0.301. The van der Waals surface area contributed by atoms with E-state index in [1.807, 2.05) is 6.07 Å². The zero-order chi connectivity index (χ0) is 21.6. The third-order valence-corrected chi connectivity index (χ3v) is 5.89. The second-order valence-electron chi connectivity index (χ2n) is 8.09. The van der Waals surface area contributed by atoms with Crippen molar-refractivity contribution in [2.75, 3.05) is 5.32 Å². The van der Waals surface area contributed by atoms with Crippen molar-refractivity contribution in [2.24, 2.45) is 0 Å². The van der Waals surface area contributed by atoms with Crippen LogP contribution in [0.15, 0.2) is 91.0 Å². The van der Waals surface area contributed by atoms with Crippen molar-refractivity contribution in [3.8, 4) is 5.69 Å². The molecule has 0 aliphatic rings. The minimum Gasteiger partial charge on any atom is -0.379 e. The lowest BCUT2D eigenvalue weighted by atomic mass is 10.0. The number of aromatic nitrogens is 1. The first-order chi connectivity index (χ1) is 15.2. The molecule has 0 aliphatic heterocycles. The molecule has 0 saturated carbocycles. The Morgan fingerprint density at radius 3 is 2.26 bits per heavy atom. The predicted molar refractivity (Wildman–Crippen MR) is 134 cm³/mol. The Kier molecular flexibility index (Phi) is 6.57. The van der Waals surface area contributed by atoms with Crippen LogP contribution < -0.4 is 5.32 Å². The van der Waals surface area contributed by atoms with Crippen molar-refractivity contribution in [1.82, 2.24) is 4.57 Å². The Hall–Kier alpha value is -3.26. The third-order valence-electron chi connectivity index (χ3n) is 5.89. The van der Waals surface area contributed by atoms with E-state index in [1.54, 1.807) is 0 Å². The summed E-state index contributed by atoms with van der Waals surface area (Å²) in [6.07, 6.45) is 7.56. The van der Waals surface area contributed by atoms with E-state index in [0.29, 0.717) is 6.04 Å². The monoisotopic (exact) mass is 408 g/mol. The molecule has 1 unspecified atom stereocenters. The van der Waals surface area contributed by atoms with Crippen LogP contribution in [0, 0.1) is 0 Å². The van der Waals surface area contributed by atoms with Crippen LogP contribution in [-0.2, 0) is 19.3 Å². The Balaban J connectivity index is 1.59. The number of rotatable bonds is 8. The van der Waals surface area contributed by atoms with Crippen LogP contribution in [0.4, 0.5) is 5.69 Å². The van der Waals surface area contributed by atoms with Crippen LogP contribution in [0.25, 0.3) is 16.6 Å². The topological polar surface area (TPSA) is 17.0 Å². The maximum Gasteiger partial charge on any atom is 0.0534 e.